The summed E-state index contributed by atoms with van der Waals surface area (Å²) < 4.78 is 18.2. The first kappa shape index (κ1) is 19.7. The molecule has 1 atom stereocenters. The minimum Gasteiger partial charge on any atom is -0.493 e. The van der Waals surface area contributed by atoms with Crippen molar-refractivity contribution in [3.63, 3.8) is 0 Å². The van der Waals surface area contributed by atoms with E-state index in [4.69, 9.17) is 19.2 Å². The molecule has 1 N–H and O–H groups in total. The molecule has 2 aromatic heterocycles. The Hall–Kier alpha value is -3.58. The highest BCUT2D eigenvalue weighted by atomic mass is 16.5. The Morgan fingerprint density at radius 2 is 1.73 bits per heavy atom. The number of rotatable bonds is 7. The van der Waals surface area contributed by atoms with E-state index in [2.05, 4.69) is 5.10 Å². The van der Waals surface area contributed by atoms with Crippen LogP contribution in [0.5, 0.6) is 11.5 Å². The van der Waals surface area contributed by atoms with Crippen molar-refractivity contribution in [3.8, 4) is 22.6 Å². The minimum atomic E-state index is -0.455. The van der Waals surface area contributed by atoms with Gasteiger partial charge in [0.25, 0.3) is 5.56 Å². The van der Waals surface area contributed by atoms with Crippen molar-refractivity contribution in [3.05, 3.63) is 82.4 Å². The first-order chi connectivity index (χ1) is 14.6. The van der Waals surface area contributed by atoms with Crippen molar-refractivity contribution in [2.75, 3.05) is 14.2 Å². The van der Waals surface area contributed by atoms with Crippen LogP contribution in [-0.4, -0.2) is 28.8 Å². The van der Waals surface area contributed by atoms with Gasteiger partial charge in [0.1, 0.15) is 6.10 Å². The number of ether oxygens (including phenoxy) is 3. The first-order valence-corrected chi connectivity index (χ1v) is 9.61. The number of aromatic amines is 1. The van der Waals surface area contributed by atoms with Crippen molar-refractivity contribution < 1.29 is 14.2 Å². The van der Waals surface area contributed by atoms with Crippen molar-refractivity contribution in [2.24, 2.45) is 0 Å². The van der Waals surface area contributed by atoms with Gasteiger partial charge < -0.3 is 14.2 Å². The van der Waals surface area contributed by atoms with Gasteiger partial charge in [0, 0.05) is 18.7 Å². The lowest BCUT2D eigenvalue weighted by Crippen LogP contribution is -2.18. The SMILES string of the molecule is COCc1[nH]n2c(=O)cc(C(C)Oc3ccccc3OC)nc2c1-c1ccccc1. The smallest absolute Gasteiger partial charge is 0.273 e. The molecule has 0 spiro atoms. The predicted molar refractivity (Wildman–Crippen MR) is 114 cm³/mol. The molecular weight excluding hydrogens is 382 g/mol. The number of benzene rings is 2. The van der Waals surface area contributed by atoms with Crippen molar-refractivity contribution in [1.82, 2.24) is 14.6 Å². The molecule has 7 heteroatoms. The zero-order valence-electron chi connectivity index (χ0n) is 17.1. The Labute approximate surface area is 173 Å². The van der Waals surface area contributed by atoms with Crippen molar-refractivity contribution in [1.29, 1.82) is 0 Å². The molecule has 7 nitrogen and oxygen atoms in total. The molecule has 2 heterocycles. The van der Waals surface area contributed by atoms with Gasteiger partial charge in [0.15, 0.2) is 17.1 Å². The quantitative estimate of drug-likeness (QED) is 0.503. The van der Waals surface area contributed by atoms with Gasteiger partial charge in [0.2, 0.25) is 0 Å². The van der Waals surface area contributed by atoms with Gasteiger partial charge in [0.05, 0.1) is 25.1 Å². The Bertz CT molecular complexity index is 1210. The molecule has 0 aliphatic carbocycles. The van der Waals surface area contributed by atoms with E-state index >= 15 is 0 Å². The third kappa shape index (κ3) is 3.67. The highest BCUT2D eigenvalue weighted by Crippen LogP contribution is 2.31. The molecule has 0 saturated heterocycles. The zero-order chi connectivity index (χ0) is 21.1. The second kappa shape index (κ2) is 8.42. The lowest BCUT2D eigenvalue weighted by molar-refractivity contribution is 0.181. The number of para-hydroxylation sites is 2. The van der Waals surface area contributed by atoms with E-state index in [-0.39, 0.29) is 5.56 Å². The monoisotopic (exact) mass is 405 g/mol. The van der Waals surface area contributed by atoms with E-state index in [0.29, 0.717) is 29.4 Å². The van der Waals surface area contributed by atoms with E-state index < -0.39 is 6.10 Å². The van der Waals surface area contributed by atoms with E-state index in [9.17, 15) is 4.79 Å². The third-order valence-electron chi connectivity index (χ3n) is 4.85. The predicted octanol–water partition coefficient (Wildman–Crippen LogP) is 3.98. The lowest BCUT2D eigenvalue weighted by atomic mass is 10.1. The summed E-state index contributed by atoms with van der Waals surface area (Å²) in [6.45, 7) is 2.19. The average molecular weight is 405 g/mol. The number of hydrogen-bond acceptors (Lipinski definition) is 5. The van der Waals surface area contributed by atoms with Gasteiger partial charge in [-0.3, -0.25) is 9.89 Å². The zero-order valence-corrected chi connectivity index (χ0v) is 17.1. The maximum atomic E-state index is 12.9. The van der Waals surface area contributed by atoms with E-state index in [1.807, 2.05) is 61.5 Å². The number of nitrogens with one attached hydrogen (secondary N) is 1. The molecule has 4 aromatic rings. The van der Waals surface area contributed by atoms with E-state index in [1.165, 1.54) is 10.6 Å². The summed E-state index contributed by atoms with van der Waals surface area (Å²) in [5, 5.41) is 3.12. The van der Waals surface area contributed by atoms with Crippen LogP contribution in [-0.2, 0) is 11.3 Å². The van der Waals surface area contributed by atoms with Gasteiger partial charge in [-0.15, -0.1) is 0 Å². The molecule has 4 rings (SSSR count). The van der Waals surface area contributed by atoms with Crippen LogP contribution in [0.4, 0.5) is 0 Å². The Morgan fingerprint density at radius 3 is 2.43 bits per heavy atom. The summed E-state index contributed by atoms with van der Waals surface area (Å²) in [6.07, 6.45) is -0.455. The summed E-state index contributed by atoms with van der Waals surface area (Å²) in [6, 6.07) is 18.7. The van der Waals surface area contributed by atoms with Crippen LogP contribution in [0.1, 0.15) is 24.4 Å². The van der Waals surface area contributed by atoms with Gasteiger partial charge in [-0.05, 0) is 24.6 Å². The molecule has 0 bridgehead atoms. The largest absolute Gasteiger partial charge is 0.493 e. The lowest BCUT2D eigenvalue weighted by Gasteiger charge is -2.16. The van der Waals surface area contributed by atoms with Crippen LogP contribution in [0, 0.1) is 0 Å². The highest BCUT2D eigenvalue weighted by molar-refractivity contribution is 5.79. The number of aromatic nitrogens is 3. The van der Waals surface area contributed by atoms with Crippen LogP contribution in [0.3, 0.4) is 0 Å². The summed E-state index contributed by atoms with van der Waals surface area (Å²) in [5.74, 6) is 1.21. The van der Waals surface area contributed by atoms with Gasteiger partial charge in [-0.2, -0.15) is 0 Å². The molecular formula is C23H23N3O4. The molecule has 0 radical (unpaired) electrons. The minimum absolute atomic E-state index is 0.218. The normalized spacial score (nSPS) is 12.1. The maximum Gasteiger partial charge on any atom is 0.273 e. The van der Waals surface area contributed by atoms with Crippen LogP contribution < -0.4 is 15.0 Å². The number of fused-ring (bicyclic) bond motifs is 1. The van der Waals surface area contributed by atoms with Gasteiger partial charge in [-0.25, -0.2) is 9.50 Å². The fraction of sp³-hybridized carbons (Fsp3) is 0.217. The first-order valence-electron chi connectivity index (χ1n) is 9.61. The highest BCUT2D eigenvalue weighted by Gasteiger charge is 2.20. The average Bonchev–Trinajstić information content (AvgIpc) is 3.13. The second-order valence-electron chi connectivity index (χ2n) is 6.85. The number of nitrogens with zero attached hydrogens (tertiary/aromatic N) is 2. The topological polar surface area (TPSA) is 77.9 Å². The summed E-state index contributed by atoms with van der Waals surface area (Å²) in [7, 11) is 3.21. The molecule has 0 saturated carbocycles. The van der Waals surface area contributed by atoms with Crippen molar-refractivity contribution >= 4 is 5.65 Å². The van der Waals surface area contributed by atoms with Gasteiger partial charge in [-0.1, -0.05) is 42.5 Å². The maximum absolute atomic E-state index is 12.9. The molecule has 0 aliphatic rings. The molecule has 0 amide bonds. The fourth-order valence-corrected chi connectivity index (χ4v) is 3.43. The molecule has 0 fully saturated rings. The number of hydrogen-bond donors (Lipinski definition) is 1. The summed E-state index contributed by atoms with van der Waals surface area (Å²) in [4.78, 5) is 17.6. The molecule has 1 unspecified atom stereocenters. The molecule has 154 valence electrons. The van der Waals surface area contributed by atoms with Crippen LogP contribution in [0.2, 0.25) is 0 Å². The van der Waals surface area contributed by atoms with Crippen molar-refractivity contribution in [2.45, 2.75) is 19.6 Å². The molecule has 2 aromatic carbocycles. The Kier molecular flexibility index (Phi) is 5.54. The Morgan fingerprint density at radius 1 is 1.03 bits per heavy atom. The van der Waals surface area contributed by atoms with Crippen LogP contribution in [0.15, 0.2) is 65.5 Å². The van der Waals surface area contributed by atoms with Gasteiger partial charge >= 0.3 is 0 Å². The fourth-order valence-electron chi connectivity index (χ4n) is 3.43. The van der Waals surface area contributed by atoms with E-state index in [0.717, 1.165) is 16.8 Å². The summed E-state index contributed by atoms with van der Waals surface area (Å²) >= 11 is 0. The third-order valence-corrected chi connectivity index (χ3v) is 4.85. The van der Waals surface area contributed by atoms with Crippen LogP contribution >= 0.6 is 0 Å². The molecule has 0 aliphatic heterocycles. The molecule has 30 heavy (non-hydrogen) atoms. The Balaban J connectivity index is 1.81. The number of methoxy groups -OCH3 is 2. The second-order valence-corrected chi connectivity index (χ2v) is 6.85. The standard InChI is InChI=1S/C23H23N3O4/c1-15(30-20-12-8-7-11-19(20)29-3)17-13-21(27)26-23(24-17)22(18(25-26)14-28-2)16-9-5-4-6-10-16/h4-13,15,25H,14H2,1-3H3. The van der Waals surface area contributed by atoms with E-state index in [1.54, 1.807) is 14.2 Å². The summed E-state index contributed by atoms with van der Waals surface area (Å²) in [5.41, 5.74) is 3.41. The van der Waals surface area contributed by atoms with Crippen LogP contribution in [0.25, 0.3) is 16.8 Å². The number of H-pyrrole nitrogens is 1.